The zero-order valence-corrected chi connectivity index (χ0v) is 16.4. The fraction of sp³-hybridized carbons (Fsp3) is 0.562. The Morgan fingerprint density at radius 3 is 2.14 bits per heavy atom. The highest BCUT2D eigenvalue weighted by Crippen LogP contribution is 2.18. The van der Waals surface area contributed by atoms with Crippen LogP contribution in [0.5, 0.6) is 5.75 Å². The summed E-state index contributed by atoms with van der Waals surface area (Å²) >= 11 is 2.15. The molecular weight excluding hydrogens is 393 g/mol. The van der Waals surface area contributed by atoms with Gasteiger partial charge in [-0.15, -0.1) is 0 Å². The van der Waals surface area contributed by atoms with Crippen LogP contribution in [0.1, 0.15) is 13.8 Å². The van der Waals surface area contributed by atoms with Crippen molar-refractivity contribution in [2.45, 2.75) is 13.8 Å². The maximum Gasteiger partial charge on any atom is 0.412 e. The molecule has 0 aliphatic rings. The quantitative estimate of drug-likeness (QED) is 0.543. The Bertz CT molecular complexity index is 408. The van der Waals surface area contributed by atoms with E-state index in [1.165, 1.54) is 7.05 Å². The fourth-order valence-corrected chi connectivity index (χ4v) is 1.89. The molecule has 0 saturated carbocycles. The number of rotatable bonds is 7. The standard InChI is InChI=1S/C15H25N3O2.CH3I/c1-5-18(6-2)12-11-17(4)13-7-9-14(10-8-13)20-15(19)16-3;1-2/h7-10H,5-6,11-12H2,1-4H3,(H,16,19);1H3. The first kappa shape index (κ1) is 21.0. The van der Waals surface area contributed by atoms with Crippen molar-refractivity contribution in [3.8, 4) is 5.75 Å². The SMILES string of the molecule is CCN(CC)CCN(C)c1ccc(OC(=O)NC)cc1.CI. The van der Waals surface area contributed by atoms with Gasteiger partial charge in [-0.2, -0.15) is 0 Å². The lowest BCUT2D eigenvalue weighted by molar-refractivity contribution is 0.203. The van der Waals surface area contributed by atoms with Gasteiger partial charge in [0, 0.05) is 32.9 Å². The molecule has 0 unspecified atom stereocenters. The number of carbonyl (C=O) groups excluding carboxylic acids is 1. The highest BCUT2D eigenvalue weighted by Gasteiger charge is 2.05. The molecule has 0 fully saturated rings. The van der Waals surface area contributed by atoms with Gasteiger partial charge in [0.15, 0.2) is 0 Å². The van der Waals surface area contributed by atoms with Crippen molar-refractivity contribution in [1.82, 2.24) is 10.2 Å². The first-order chi connectivity index (χ1) is 10.6. The van der Waals surface area contributed by atoms with E-state index in [0.29, 0.717) is 5.75 Å². The minimum absolute atomic E-state index is 0.451. The molecule has 0 aliphatic carbocycles. The maximum absolute atomic E-state index is 11.1. The summed E-state index contributed by atoms with van der Waals surface area (Å²) in [4.78, 5) is 17.6. The summed E-state index contributed by atoms with van der Waals surface area (Å²) < 4.78 is 5.05. The van der Waals surface area contributed by atoms with E-state index in [1.807, 2.05) is 17.1 Å². The summed E-state index contributed by atoms with van der Waals surface area (Å²) in [6.07, 6.45) is -0.451. The van der Waals surface area contributed by atoms with E-state index >= 15 is 0 Å². The molecule has 0 aliphatic heterocycles. The normalized spacial score (nSPS) is 9.77. The molecule has 1 aromatic carbocycles. The molecule has 1 N–H and O–H groups in total. The Labute approximate surface area is 148 Å². The molecule has 0 spiro atoms. The Hall–Kier alpha value is -1.02. The van der Waals surface area contributed by atoms with E-state index < -0.39 is 6.09 Å². The van der Waals surface area contributed by atoms with E-state index in [0.717, 1.165) is 31.9 Å². The predicted molar refractivity (Wildman–Crippen MR) is 103 cm³/mol. The first-order valence-electron chi connectivity index (χ1n) is 7.41. The van der Waals surface area contributed by atoms with Crippen molar-refractivity contribution in [3.05, 3.63) is 24.3 Å². The highest BCUT2D eigenvalue weighted by atomic mass is 127. The van der Waals surface area contributed by atoms with Gasteiger partial charge in [-0.25, -0.2) is 4.79 Å². The molecule has 6 heteroatoms. The van der Waals surface area contributed by atoms with Crippen LogP contribution >= 0.6 is 22.6 Å². The number of halogens is 1. The van der Waals surface area contributed by atoms with Crippen LogP contribution in [0.2, 0.25) is 0 Å². The van der Waals surface area contributed by atoms with Gasteiger partial charge in [0.1, 0.15) is 5.75 Å². The first-order valence-corrected chi connectivity index (χ1v) is 9.57. The van der Waals surface area contributed by atoms with Crippen molar-refractivity contribution < 1.29 is 9.53 Å². The third-order valence-corrected chi connectivity index (χ3v) is 3.34. The molecule has 1 rings (SSSR count). The van der Waals surface area contributed by atoms with Gasteiger partial charge in [-0.05, 0) is 42.3 Å². The Kier molecular flexibility index (Phi) is 11.9. The summed E-state index contributed by atoms with van der Waals surface area (Å²) in [7, 11) is 3.61. The van der Waals surface area contributed by atoms with Crippen molar-refractivity contribution in [3.63, 3.8) is 0 Å². The summed E-state index contributed by atoms with van der Waals surface area (Å²) in [5, 5.41) is 2.42. The number of anilines is 1. The van der Waals surface area contributed by atoms with Crippen molar-refractivity contribution in [1.29, 1.82) is 0 Å². The monoisotopic (exact) mass is 421 g/mol. The molecule has 0 aromatic heterocycles. The lowest BCUT2D eigenvalue weighted by Crippen LogP contribution is -2.33. The molecule has 0 saturated heterocycles. The van der Waals surface area contributed by atoms with E-state index in [-0.39, 0.29) is 0 Å². The summed E-state index contributed by atoms with van der Waals surface area (Å²) in [5.41, 5.74) is 1.11. The van der Waals surface area contributed by atoms with Crippen LogP contribution < -0.4 is 15.0 Å². The topological polar surface area (TPSA) is 44.8 Å². The van der Waals surface area contributed by atoms with E-state index in [2.05, 4.69) is 58.6 Å². The summed E-state index contributed by atoms with van der Waals surface area (Å²) in [5.74, 6) is 0.547. The van der Waals surface area contributed by atoms with Gasteiger partial charge in [0.25, 0.3) is 0 Å². The largest absolute Gasteiger partial charge is 0.412 e. The van der Waals surface area contributed by atoms with Gasteiger partial charge in [0.05, 0.1) is 0 Å². The Balaban J connectivity index is 0.00000211. The van der Waals surface area contributed by atoms with Gasteiger partial charge in [-0.1, -0.05) is 36.4 Å². The third kappa shape index (κ3) is 7.84. The Morgan fingerprint density at radius 2 is 1.68 bits per heavy atom. The number of hydrogen-bond donors (Lipinski definition) is 1. The van der Waals surface area contributed by atoms with Crippen LogP contribution in [0.3, 0.4) is 0 Å². The number of ether oxygens (including phenoxy) is 1. The van der Waals surface area contributed by atoms with Crippen molar-refractivity contribution >= 4 is 34.4 Å². The molecular formula is C16H28IN3O2. The minimum atomic E-state index is -0.451. The van der Waals surface area contributed by atoms with Crippen molar-refractivity contribution in [2.75, 3.05) is 50.1 Å². The molecule has 0 radical (unpaired) electrons. The smallest absolute Gasteiger partial charge is 0.410 e. The van der Waals surface area contributed by atoms with Crippen LogP contribution in [0.4, 0.5) is 10.5 Å². The zero-order chi connectivity index (χ0) is 17.0. The van der Waals surface area contributed by atoms with E-state index in [4.69, 9.17) is 4.74 Å². The van der Waals surface area contributed by atoms with Gasteiger partial charge < -0.3 is 19.9 Å². The predicted octanol–water partition coefficient (Wildman–Crippen LogP) is 3.23. The molecule has 0 heterocycles. The average Bonchev–Trinajstić information content (AvgIpc) is 2.58. The van der Waals surface area contributed by atoms with Crippen LogP contribution in [0, 0.1) is 0 Å². The summed E-state index contributed by atoms with van der Waals surface area (Å²) in [6, 6.07) is 7.53. The number of amides is 1. The van der Waals surface area contributed by atoms with Gasteiger partial charge in [-0.3, -0.25) is 0 Å². The lowest BCUT2D eigenvalue weighted by Gasteiger charge is -2.24. The molecule has 0 atom stereocenters. The van der Waals surface area contributed by atoms with E-state index in [1.54, 1.807) is 12.1 Å². The number of benzene rings is 1. The van der Waals surface area contributed by atoms with Crippen LogP contribution in [0.15, 0.2) is 24.3 Å². The van der Waals surface area contributed by atoms with Crippen LogP contribution in [-0.2, 0) is 0 Å². The summed E-state index contributed by atoms with van der Waals surface area (Å²) in [6.45, 7) is 8.51. The Morgan fingerprint density at radius 1 is 1.14 bits per heavy atom. The second kappa shape index (κ2) is 12.5. The molecule has 22 heavy (non-hydrogen) atoms. The van der Waals surface area contributed by atoms with Crippen LogP contribution in [-0.4, -0.2) is 56.2 Å². The zero-order valence-electron chi connectivity index (χ0n) is 14.2. The molecule has 5 nitrogen and oxygen atoms in total. The second-order valence-corrected chi connectivity index (χ2v) is 4.58. The van der Waals surface area contributed by atoms with Gasteiger partial charge >= 0.3 is 6.09 Å². The number of carbonyl (C=O) groups is 1. The number of alkyl halides is 1. The number of likely N-dealkylation sites (N-methyl/N-ethyl adjacent to an activating group) is 2. The highest BCUT2D eigenvalue weighted by molar-refractivity contribution is 14.1. The van der Waals surface area contributed by atoms with Crippen molar-refractivity contribution in [2.24, 2.45) is 0 Å². The molecule has 126 valence electrons. The molecule has 0 bridgehead atoms. The number of nitrogens with zero attached hydrogens (tertiary/aromatic N) is 2. The number of nitrogens with one attached hydrogen (secondary N) is 1. The molecule has 1 amide bonds. The van der Waals surface area contributed by atoms with Gasteiger partial charge in [0.2, 0.25) is 0 Å². The second-order valence-electron chi connectivity index (χ2n) is 4.58. The minimum Gasteiger partial charge on any atom is -0.410 e. The maximum atomic E-state index is 11.1. The number of hydrogen-bond acceptors (Lipinski definition) is 4. The fourth-order valence-electron chi connectivity index (χ4n) is 1.89. The van der Waals surface area contributed by atoms with E-state index in [9.17, 15) is 4.79 Å². The molecule has 1 aromatic rings. The lowest BCUT2D eigenvalue weighted by atomic mass is 10.3. The third-order valence-electron chi connectivity index (χ3n) is 3.34. The van der Waals surface area contributed by atoms with Crippen LogP contribution in [0.25, 0.3) is 0 Å². The average molecular weight is 421 g/mol.